The first-order chi connectivity index (χ1) is 14.4. The van der Waals surface area contributed by atoms with Gasteiger partial charge in [0, 0.05) is 28.8 Å². The van der Waals surface area contributed by atoms with Crippen molar-refractivity contribution < 1.29 is 24.5 Å². The Bertz CT molecular complexity index is 1370. The van der Waals surface area contributed by atoms with Crippen LogP contribution in [-0.4, -0.2) is 31.6 Å². The Labute approximate surface area is 177 Å². The molecule has 0 unspecified atom stereocenters. The normalized spacial score (nSPS) is 15.5. The number of nitrogens with zero attached hydrogens (tertiary/aromatic N) is 2. The second kappa shape index (κ2) is 5.56. The van der Waals surface area contributed by atoms with E-state index in [0.29, 0.717) is 33.3 Å². The van der Waals surface area contributed by atoms with Crippen LogP contribution in [0.1, 0.15) is 27.0 Å². The summed E-state index contributed by atoms with van der Waals surface area (Å²) in [6.07, 6.45) is 0. The third kappa shape index (κ3) is 2.04. The first-order valence-corrected chi connectivity index (χ1v) is 9.46. The first kappa shape index (κ1) is 17.4. The lowest BCUT2D eigenvalue weighted by Crippen LogP contribution is -2.33. The van der Waals surface area contributed by atoms with Crippen LogP contribution < -0.4 is 4.74 Å². The Morgan fingerprint density at radius 1 is 0.833 bits per heavy atom. The fraction of sp³-hybridized carbons (Fsp3) is 0.0500. The molecule has 0 saturated carbocycles. The molecular formula is C20H9Cl2N3O5. The van der Waals surface area contributed by atoms with E-state index in [1.54, 1.807) is 12.1 Å². The Hall–Kier alpha value is -3.49. The molecule has 148 valence electrons. The number of aromatic amines is 1. The van der Waals surface area contributed by atoms with Gasteiger partial charge >= 0.3 is 5.97 Å². The van der Waals surface area contributed by atoms with E-state index in [2.05, 4.69) is 15.4 Å². The lowest BCUT2D eigenvalue weighted by molar-refractivity contribution is 0.0224. The molecule has 3 aromatic carbocycles. The Morgan fingerprint density at radius 3 is 2.00 bits per heavy atom. The van der Waals surface area contributed by atoms with Crippen LogP contribution in [0, 0.1) is 0 Å². The lowest BCUT2D eigenvalue weighted by atomic mass is 9.77. The van der Waals surface area contributed by atoms with Crippen LogP contribution in [0.3, 0.4) is 0 Å². The quantitative estimate of drug-likeness (QED) is 0.349. The molecule has 0 bridgehead atoms. The predicted molar refractivity (Wildman–Crippen MR) is 105 cm³/mol. The van der Waals surface area contributed by atoms with Crippen molar-refractivity contribution in [2.75, 3.05) is 0 Å². The SMILES string of the molecule is O=C1OC2(c3cc(Cl)c(O)cc3Oc3cc(O)c(Cl)cc32)c2cc3n[nH]nc3cc21. The van der Waals surface area contributed by atoms with Crippen molar-refractivity contribution in [1.82, 2.24) is 15.4 Å². The van der Waals surface area contributed by atoms with Crippen LogP contribution in [0.5, 0.6) is 23.0 Å². The van der Waals surface area contributed by atoms with Gasteiger partial charge in [-0.25, -0.2) is 4.79 Å². The van der Waals surface area contributed by atoms with Crippen molar-refractivity contribution in [3.05, 3.63) is 68.7 Å². The number of H-pyrrole nitrogens is 1. The zero-order valence-corrected chi connectivity index (χ0v) is 16.2. The number of ether oxygens (including phenoxy) is 2. The van der Waals surface area contributed by atoms with Gasteiger partial charge in [0.1, 0.15) is 34.0 Å². The second-order valence-electron chi connectivity index (χ2n) is 6.98. The highest BCUT2D eigenvalue weighted by atomic mass is 35.5. The van der Waals surface area contributed by atoms with Gasteiger partial charge in [0.25, 0.3) is 0 Å². The van der Waals surface area contributed by atoms with E-state index in [-0.39, 0.29) is 33.0 Å². The highest BCUT2D eigenvalue weighted by molar-refractivity contribution is 6.32. The molecule has 2 aliphatic rings. The highest BCUT2D eigenvalue weighted by Crippen LogP contribution is 2.58. The molecule has 0 saturated heterocycles. The number of aromatic nitrogens is 3. The molecule has 3 N–H and O–H groups in total. The number of nitrogens with one attached hydrogen (secondary N) is 1. The van der Waals surface area contributed by atoms with Crippen LogP contribution in [0.25, 0.3) is 11.0 Å². The molecular weight excluding hydrogens is 433 g/mol. The van der Waals surface area contributed by atoms with Crippen LogP contribution in [0.15, 0.2) is 36.4 Å². The molecule has 0 atom stereocenters. The van der Waals surface area contributed by atoms with Crippen LogP contribution in [0.2, 0.25) is 10.0 Å². The minimum absolute atomic E-state index is 0.0528. The summed E-state index contributed by atoms with van der Waals surface area (Å²) >= 11 is 12.4. The fourth-order valence-corrected chi connectivity index (χ4v) is 4.39. The number of halogens is 2. The summed E-state index contributed by atoms with van der Waals surface area (Å²) < 4.78 is 11.9. The van der Waals surface area contributed by atoms with Gasteiger partial charge in [-0.1, -0.05) is 23.2 Å². The van der Waals surface area contributed by atoms with Crippen LogP contribution in [0.4, 0.5) is 0 Å². The standard InChI is InChI=1S/C20H9Cl2N3O5/c21-11-2-9-17(5-15(11)26)29-18-6-16(27)12(22)3-10(18)20(9)8-4-14-13(23-25-24-14)1-7(8)19(28)30-20/h1-6,26-27H,(H,23,24,25). The van der Waals surface area contributed by atoms with Gasteiger partial charge < -0.3 is 19.7 Å². The fourth-order valence-electron chi connectivity index (χ4n) is 4.07. The molecule has 1 aromatic heterocycles. The zero-order chi connectivity index (χ0) is 20.8. The maximum atomic E-state index is 12.9. The smallest absolute Gasteiger partial charge is 0.340 e. The number of hydrogen-bond acceptors (Lipinski definition) is 7. The first-order valence-electron chi connectivity index (χ1n) is 8.70. The van der Waals surface area contributed by atoms with Gasteiger partial charge in [-0.05, 0) is 24.3 Å². The molecule has 10 heteroatoms. The summed E-state index contributed by atoms with van der Waals surface area (Å²) in [5.74, 6) is -0.562. The average Bonchev–Trinajstić information content (AvgIpc) is 3.27. The largest absolute Gasteiger partial charge is 0.506 e. The number of carbonyl (C=O) groups is 1. The molecule has 8 nitrogen and oxygen atoms in total. The summed E-state index contributed by atoms with van der Waals surface area (Å²) in [7, 11) is 0. The van der Waals surface area contributed by atoms with E-state index in [1.165, 1.54) is 24.3 Å². The van der Waals surface area contributed by atoms with Crippen molar-refractivity contribution in [3.63, 3.8) is 0 Å². The molecule has 4 aromatic rings. The molecule has 0 fully saturated rings. The topological polar surface area (TPSA) is 118 Å². The van der Waals surface area contributed by atoms with Gasteiger partial charge in [-0.15, -0.1) is 0 Å². The van der Waals surface area contributed by atoms with Crippen molar-refractivity contribution in [2.45, 2.75) is 5.60 Å². The number of phenolic OH excluding ortho intramolecular Hbond substituents is 2. The minimum atomic E-state index is -1.48. The monoisotopic (exact) mass is 441 g/mol. The summed E-state index contributed by atoms with van der Waals surface area (Å²) in [6.45, 7) is 0. The van der Waals surface area contributed by atoms with E-state index in [0.717, 1.165) is 0 Å². The van der Waals surface area contributed by atoms with E-state index in [1.807, 2.05) is 0 Å². The number of rotatable bonds is 0. The Kier molecular flexibility index (Phi) is 3.22. The maximum Gasteiger partial charge on any atom is 0.340 e. The van der Waals surface area contributed by atoms with Crippen molar-refractivity contribution in [3.8, 4) is 23.0 Å². The van der Waals surface area contributed by atoms with Gasteiger partial charge in [0.2, 0.25) is 0 Å². The number of fused-ring (bicyclic) bond motifs is 7. The molecule has 1 spiro atoms. The molecule has 0 amide bonds. The zero-order valence-electron chi connectivity index (χ0n) is 14.7. The molecule has 0 radical (unpaired) electrons. The van der Waals surface area contributed by atoms with Gasteiger partial charge in [-0.3, -0.25) is 0 Å². The van der Waals surface area contributed by atoms with E-state index < -0.39 is 11.6 Å². The molecule has 30 heavy (non-hydrogen) atoms. The summed E-state index contributed by atoms with van der Waals surface area (Å²) in [5.41, 5.74) is 1.13. The van der Waals surface area contributed by atoms with Crippen LogP contribution >= 0.6 is 23.2 Å². The number of esters is 1. The Balaban J connectivity index is 1.78. The average molecular weight is 442 g/mol. The summed E-state index contributed by atoms with van der Waals surface area (Å²) in [6, 6.07) is 8.89. The van der Waals surface area contributed by atoms with Crippen molar-refractivity contribution >= 4 is 40.2 Å². The number of hydrogen-bond donors (Lipinski definition) is 3. The minimum Gasteiger partial charge on any atom is -0.506 e. The third-order valence-electron chi connectivity index (χ3n) is 5.38. The number of benzene rings is 3. The lowest BCUT2D eigenvalue weighted by Gasteiger charge is -2.36. The van der Waals surface area contributed by atoms with Gasteiger partial charge in [0.15, 0.2) is 5.60 Å². The number of phenols is 2. The summed E-state index contributed by atoms with van der Waals surface area (Å²) in [4.78, 5) is 12.9. The maximum absolute atomic E-state index is 12.9. The van der Waals surface area contributed by atoms with Gasteiger partial charge in [-0.2, -0.15) is 15.4 Å². The Morgan fingerprint density at radius 2 is 1.40 bits per heavy atom. The molecule has 2 aliphatic heterocycles. The third-order valence-corrected chi connectivity index (χ3v) is 5.98. The van der Waals surface area contributed by atoms with Crippen LogP contribution in [-0.2, 0) is 10.3 Å². The predicted octanol–water partition coefficient (Wildman–Crippen LogP) is 4.24. The van der Waals surface area contributed by atoms with Crippen molar-refractivity contribution in [1.29, 1.82) is 0 Å². The number of aromatic hydroxyl groups is 2. The second-order valence-corrected chi connectivity index (χ2v) is 7.80. The van der Waals surface area contributed by atoms with Crippen molar-refractivity contribution in [2.24, 2.45) is 0 Å². The van der Waals surface area contributed by atoms with E-state index >= 15 is 0 Å². The molecule has 6 rings (SSSR count). The van der Waals surface area contributed by atoms with Gasteiger partial charge in [0.05, 0.1) is 15.6 Å². The van der Waals surface area contributed by atoms with E-state index in [4.69, 9.17) is 32.7 Å². The molecule has 0 aliphatic carbocycles. The summed E-state index contributed by atoms with van der Waals surface area (Å²) in [5, 5.41) is 31.0. The van der Waals surface area contributed by atoms with E-state index in [9.17, 15) is 15.0 Å². The number of carbonyl (C=O) groups excluding carboxylic acids is 1. The highest BCUT2D eigenvalue weighted by Gasteiger charge is 2.54. The molecule has 3 heterocycles.